The quantitative estimate of drug-likeness (QED) is 0.782. The lowest BCUT2D eigenvalue weighted by molar-refractivity contribution is -0.119. The van der Waals surface area contributed by atoms with E-state index in [1.807, 2.05) is 10.9 Å². The van der Waals surface area contributed by atoms with E-state index in [0.717, 1.165) is 58.3 Å². The molecule has 0 radical (unpaired) electrons. The van der Waals surface area contributed by atoms with Gasteiger partial charge in [0.15, 0.2) is 0 Å². The fraction of sp³-hybridized carbons (Fsp3) is 0.692. The molecule has 1 aromatic rings. The van der Waals surface area contributed by atoms with Crippen LogP contribution in [0.4, 0.5) is 0 Å². The van der Waals surface area contributed by atoms with E-state index in [4.69, 9.17) is 0 Å². The Kier molecular flexibility index (Phi) is 3.18. The summed E-state index contributed by atoms with van der Waals surface area (Å²) in [6.07, 6.45) is 8.03. The van der Waals surface area contributed by atoms with Gasteiger partial charge < -0.3 is 10.1 Å². The van der Waals surface area contributed by atoms with Gasteiger partial charge in [-0.3, -0.25) is 9.58 Å². The maximum Gasteiger partial charge on any atom is 0.147 e. The Morgan fingerprint density at radius 2 is 2.17 bits per heavy atom. The van der Waals surface area contributed by atoms with Crippen molar-refractivity contribution in [3.63, 3.8) is 0 Å². The Balaban J connectivity index is 1.67. The van der Waals surface area contributed by atoms with E-state index in [0.29, 0.717) is 0 Å². The van der Waals surface area contributed by atoms with E-state index in [9.17, 15) is 4.79 Å². The van der Waals surface area contributed by atoms with Gasteiger partial charge in [-0.15, -0.1) is 0 Å². The van der Waals surface area contributed by atoms with Crippen LogP contribution in [0.5, 0.6) is 0 Å². The summed E-state index contributed by atoms with van der Waals surface area (Å²) in [5, 5.41) is 7.74. The van der Waals surface area contributed by atoms with E-state index in [-0.39, 0.29) is 5.54 Å². The van der Waals surface area contributed by atoms with Gasteiger partial charge in [0.1, 0.15) is 11.8 Å². The number of piperazine rings is 1. The number of carbonyl (C=O) groups excluding carboxylic acids is 1. The third-order valence-electron chi connectivity index (χ3n) is 4.15. The molecular formula is C13H20N4O. The summed E-state index contributed by atoms with van der Waals surface area (Å²) in [6, 6.07) is 0. The first-order valence-corrected chi connectivity index (χ1v) is 6.76. The number of nitrogens with zero attached hydrogens (tertiary/aromatic N) is 3. The highest BCUT2D eigenvalue weighted by atomic mass is 16.1. The average Bonchev–Trinajstić information content (AvgIpc) is 2.79. The molecule has 5 nitrogen and oxygen atoms in total. The van der Waals surface area contributed by atoms with Crippen molar-refractivity contribution in [2.45, 2.75) is 31.3 Å². The average molecular weight is 248 g/mol. The SMILES string of the molecule is O=CC1(n2cc(CN3CCNCC3)cn2)CCC1. The summed E-state index contributed by atoms with van der Waals surface area (Å²) < 4.78 is 1.88. The highest BCUT2D eigenvalue weighted by Crippen LogP contribution is 2.36. The monoisotopic (exact) mass is 248 g/mol. The molecule has 5 heteroatoms. The fourth-order valence-corrected chi connectivity index (χ4v) is 2.75. The van der Waals surface area contributed by atoms with Crippen molar-refractivity contribution in [1.29, 1.82) is 0 Å². The molecular weight excluding hydrogens is 228 g/mol. The van der Waals surface area contributed by atoms with Crippen LogP contribution in [-0.4, -0.2) is 47.1 Å². The summed E-state index contributed by atoms with van der Waals surface area (Å²) in [6.45, 7) is 5.24. The minimum absolute atomic E-state index is 0.332. The number of hydrogen-bond acceptors (Lipinski definition) is 4. The standard InChI is InChI=1S/C13H20N4O/c18-11-13(2-1-3-13)17-10-12(8-15-17)9-16-6-4-14-5-7-16/h8,10-11,14H,1-7,9H2. The highest BCUT2D eigenvalue weighted by Gasteiger charge is 2.39. The van der Waals surface area contributed by atoms with Crippen molar-refractivity contribution >= 4 is 6.29 Å². The van der Waals surface area contributed by atoms with Gasteiger partial charge in [-0.05, 0) is 19.3 Å². The zero-order valence-corrected chi connectivity index (χ0v) is 10.6. The van der Waals surface area contributed by atoms with Crippen LogP contribution in [0.25, 0.3) is 0 Å². The Bertz CT molecular complexity index is 418. The zero-order valence-electron chi connectivity index (χ0n) is 10.6. The highest BCUT2D eigenvalue weighted by molar-refractivity contribution is 5.63. The van der Waals surface area contributed by atoms with Crippen molar-refractivity contribution in [3.8, 4) is 0 Å². The van der Waals surface area contributed by atoms with Crippen LogP contribution >= 0.6 is 0 Å². The van der Waals surface area contributed by atoms with Crippen LogP contribution in [0.2, 0.25) is 0 Å². The number of aromatic nitrogens is 2. The smallest absolute Gasteiger partial charge is 0.147 e. The first-order chi connectivity index (χ1) is 8.82. The van der Waals surface area contributed by atoms with Gasteiger partial charge in [0.2, 0.25) is 0 Å². The molecule has 0 unspecified atom stereocenters. The number of hydrogen-bond donors (Lipinski definition) is 1. The maximum absolute atomic E-state index is 11.2. The second-order valence-electron chi connectivity index (χ2n) is 5.39. The summed E-state index contributed by atoms with van der Waals surface area (Å²) in [5.74, 6) is 0. The Labute approximate surface area is 107 Å². The first kappa shape index (κ1) is 11.9. The predicted molar refractivity (Wildman–Crippen MR) is 68.3 cm³/mol. The molecule has 1 saturated carbocycles. The van der Waals surface area contributed by atoms with Crippen molar-refractivity contribution in [2.75, 3.05) is 26.2 Å². The van der Waals surface area contributed by atoms with Crippen molar-refractivity contribution in [1.82, 2.24) is 20.0 Å². The van der Waals surface area contributed by atoms with Gasteiger partial charge in [-0.2, -0.15) is 5.10 Å². The molecule has 1 aromatic heterocycles. The molecule has 2 heterocycles. The Morgan fingerprint density at radius 1 is 1.39 bits per heavy atom. The van der Waals surface area contributed by atoms with E-state index < -0.39 is 0 Å². The second-order valence-corrected chi connectivity index (χ2v) is 5.39. The van der Waals surface area contributed by atoms with Gasteiger partial charge in [0.05, 0.1) is 6.20 Å². The zero-order chi connectivity index (χ0) is 12.4. The van der Waals surface area contributed by atoms with Crippen molar-refractivity contribution in [3.05, 3.63) is 18.0 Å². The van der Waals surface area contributed by atoms with Crippen LogP contribution in [0.15, 0.2) is 12.4 Å². The Hall–Kier alpha value is -1.20. The number of rotatable bonds is 4. The summed E-state index contributed by atoms with van der Waals surface area (Å²) in [7, 11) is 0. The molecule has 2 aliphatic rings. The fourth-order valence-electron chi connectivity index (χ4n) is 2.75. The predicted octanol–water partition coefficient (Wildman–Crippen LogP) is 0.366. The molecule has 1 saturated heterocycles. The van der Waals surface area contributed by atoms with Gasteiger partial charge >= 0.3 is 0 Å². The molecule has 2 fully saturated rings. The van der Waals surface area contributed by atoms with Gasteiger partial charge in [0.25, 0.3) is 0 Å². The normalized spacial score (nSPS) is 23.6. The summed E-state index contributed by atoms with van der Waals surface area (Å²) in [4.78, 5) is 13.7. The maximum atomic E-state index is 11.2. The van der Waals surface area contributed by atoms with Crippen molar-refractivity contribution < 1.29 is 4.79 Å². The van der Waals surface area contributed by atoms with Crippen LogP contribution in [0, 0.1) is 0 Å². The van der Waals surface area contributed by atoms with Crippen molar-refractivity contribution in [2.24, 2.45) is 0 Å². The molecule has 0 aromatic carbocycles. The molecule has 0 atom stereocenters. The minimum Gasteiger partial charge on any atom is -0.314 e. The van der Waals surface area contributed by atoms with E-state index in [2.05, 4.69) is 21.5 Å². The molecule has 1 aliphatic heterocycles. The molecule has 0 bridgehead atoms. The van der Waals surface area contributed by atoms with Crippen LogP contribution in [0.3, 0.4) is 0 Å². The number of carbonyl (C=O) groups is 1. The minimum atomic E-state index is -0.332. The lowest BCUT2D eigenvalue weighted by Crippen LogP contribution is -2.43. The molecule has 0 spiro atoms. The lowest BCUT2D eigenvalue weighted by atomic mass is 9.78. The van der Waals surface area contributed by atoms with Crippen LogP contribution in [0.1, 0.15) is 24.8 Å². The summed E-state index contributed by atoms with van der Waals surface area (Å²) >= 11 is 0. The summed E-state index contributed by atoms with van der Waals surface area (Å²) in [5.41, 5.74) is 0.881. The third-order valence-corrected chi connectivity index (χ3v) is 4.15. The largest absolute Gasteiger partial charge is 0.314 e. The third kappa shape index (κ3) is 2.08. The molecule has 18 heavy (non-hydrogen) atoms. The van der Waals surface area contributed by atoms with E-state index in [1.54, 1.807) is 0 Å². The van der Waals surface area contributed by atoms with E-state index >= 15 is 0 Å². The number of aldehydes is 1. The van der Waals surface area contributed by atoms with Crippen LogP contribution in [-0.2, 0) is 16.9 Å². The molecule has 1 N–H and O–H groups in total. The molecule has 0 amide bonds. The van der Waals surface area contributed by atoms with Crippen LogP contribution < -0.4 is 5.32 Å². The second kappa shape index (κ2) is 4.82. The molecule has 3 rings (SSSR count). The van der Waals surface area contributed by atoms with Gasteiger partial charge in [-0.25, -0.2) is 0 Å². The van der Waals surface area contributed by atoms with Gasteiger partial charge in [0, 0.05) is 44.5 Å². The first-order valence-electron chi connectivity index (χ1n) is 6.76. The molecule has 1 aliphatic carbocycles. The molecule has 98 valence electrons. The number of nitrogens with one attached hydrogen (secondary N) is 1. The Morgan fingerprint density at radius 3 is 2.78 bits per heavy atom. The van der Waals surface area contributed by atoms with Gasteiger partial charge in [-0.1, -0.05) is 0 Å². The lowest BCUT2D eigenvalue weighted by Gasteiger charge is -2.36. The topological polar surface area (TPSA) is 50.2 Å². The van der Waals surface area contributed by atoms with E-state index in [1.165, 1.54) is 5.56 Å².